The highest BCUT2D eigenvalue weighted by Crippen LogP contribution is 2.27. The van der Waals surface area contributed by atoms with E-state index < -0.39 is 5.82 Å². The zero-order valence-electron chi connectivity index (χ0n) is 10.1. The number of hydrogen-bond acceptors (Lipinski definition) is 2. The molecule has 17 heavy (non-hydrogen) atoms. The fraction of sp³-hybridized carbons (Fsp3) is 0.462. The number of rotatable bonds is 6. The van der Waals surface area contributed by atoms with E-state index in [-0.39, 0.29) is 10.3 Å². The molecule has 1 aromatic rings. The van der Waals surface area contributed by atoms with Gasteiger partial charge in [-0.3, -0.25) is 4.79 Å². The van der Waals surface area contributed by atoms with Crippen LogP contribution in [0.5, 0.6) is 5.75 Å². The van der Waals surface area contributed by atoms with Gasteiger partial charge in [0.2, 0.25) is 0 Å². The fourth-order valence-corrected chi connectivity index (χ4v) is 1.93. The molecule has 1 aromatic carbocycles. The standard InChI is InChI=1S/C13H16BrFO2/c1-3-4-5-6-12(16)9-7-10(14)11(15)8-13(9)17-2/h7-8H,3-6H2,1-2H3. The summed E-state index contributed by atoms with van der Waals surface area (Å²) in [5, 5.41) is 0. The van der Waals surface area contributed by atoms with E-state index >= 15 is 0 Å². The average molecular weight is 303 g/mol. The first-order valence-electron chi connectivity index (χ1n) is 5.66. The Morgan fingerprint density at radius 2 is 2.12 bits per heavy atom. The molecule has 0 aromatic heterocycles. The van der Waals surface area contributed by atoms with Crippen molar-refractivity contribution in [2.45, 2.75) is 32.6 Å². The highest BCUT2D eigenvalue weighted by Gasteiger charge is 2.15. The Morgan fingerprint density at radius 1 is 1.41 bits per heavy atom. The highest BCUT2D eigenvalue weighted by molar-refractivity contribution is 9.10. The second-order valence-electron chi connectivity index (χ2n) is 3.85. The van der Waals surface area contributed by atoms with E-state index in [0.717, 1.165) is 19.3 Å². The second-order valence-corrected chi connectivity index (χ2v) is 4.70. The summed E-state index contributed by atoms with van der Waals surface area (Å²) in [6.45, 7) is 2.08. The quantitative estimate of drug-likeness (QED) is 0.576. The molecule has 0 radical (unpaired) electrons. The highest BCUT2D eigenvalue weighted by atomic mass is 79.9. The number of ketones is 1. The van der Waals surface area contributed by atoms with Crippen molar-refractivity contribution in [1.82, 2.24) is 0 Å². The Balaban J connectivity index is 2.88. The number of Topliss-reactive ketones (excluding diaryl/α,β-unsaturated/α-hetero) is 1. The summed E-state index contributed by atoms with van der Waals surface area (Å²) in [5.41, 5.74) is 0.442. The molecular formula is C13H16BrFO2. The lowest BCUT2D eigenvalue weighted by atomic mass is 10.0. The molecular weight excluding hydrogens is 287 g/mol. The Morgan fingerprint density at radius 3 is 2.71 bits per heavy atom. The van der Waals surface area contributed by atoms with Crippen molar-refractivity contribution in [2.75, 3.05) is 7.11 Å². The van der Waals surface area contributed by atoms with E-state index in [2.05, 4.69) is 22.9 Å². The Bertz CT molecular complexity index is 405. The normalized spacial score (nSPS) is 10.4. The molecule has 4 heteroatoms. The van der Waals surface area contributed by atoms with Crippen molar-refractivity contribution in [3.63, 3.8) is 0 Å². The summed E-state index contributed by atoms with van der Waals surface area (Å²) < 4.78 is 18.6. The van der Waals surface area contributed by atoms with Crippen molar-refractivity contribution in [1.29, 1.82) is 0 Å². The van der Waals surface area contributed by atoms with E-state index in [4.69, 9.17) is 4.74 Å². The summed E-state index contributed by atoms with van der Waals surface area (Å²) in [7, 11) is 1.44. The average Bonchev–Trinajstić information content (AvgIpc) is 2.32. The van der Waals surface area contributed by atoms with Crippen molar-refractivity contribution in [2.24, 2.45) is 0 Å². The number of unbranched alkanes of at least 4 members (excludes halogenated alkanes) is 2. The smallest absolute Gasteiger partial charge is 0.166 e. The van der Waals surface area contributed by atoms with E-state index in [1.807, 2.05) is 0 Å². The molecule has 0 amide bonds. The molecule has 0 heterocycles. The molecule has 1 rings (SSSR count). The van der Waals surface area contributed by atoms with Crippen LogP contribution in [0.1, 0.15) is 43.0 Å². The number of carbonyl (C=O) groups excluding carboxylic acids is 1. The number of ether oxygens (including phenoxy) is 1. The van der Waals surface area contributed by atoms with Crippen LogP contribution in [0.15, 0.2) is 16.6 Å². The van der Waals surface area contributed by atoms with E-state index in [9.17, 15) is 9.18 Å². The number of halogens is 2. The minimum atomic E-state index is -0.424. The third-order valence-electron chi connectivity index (χ3n) is 2.55. The van der Waals surface area contributed by atoms with Gasteiger partial charge in [-0.25, -0.2) is 4.39 Å². The Hall–Kier alpha value is -0.900. The molecule has 0 unspecified atom stereocenters. The molecule has 0 aliphatic rings. The molecule has 0 atom stereocenters. The molecule has 2 nitrogen and oxygen atoms in total. The first kappa shape index (κ1) is 14.2. The molecule has 0 saturated carbocycles. The maximum Gasteiger partial charge on any atom is 0.166 e. The summed E-state index contributed by atoms with van der Waals surface area (Å²) >= 11 is 3.08. The van der Waals surface area contributed by atoms with Crippen LogP contribution in [0.2, 0.25) is 0 Å². The van der Waals surface area contributed by atoms with Crippen molar-refractivity contribution >= 4 is 21.7 Å². The molecule has 0 N–H and O–H groups in total. The summed E-state index contributed by atoms with van der Waals surface area (Å²) in [6, 6.07) is 2.72. The molecule has 0 bridgehead atoms. The third kappa shape index (κ3) is 3.80. The first-order chi connectivity index (χ1) is 8.10. The molecule has 0 spiro atoms. The van der Waals surface area contributed by atoms with Gasteiger partial charge in [0.25, 0.3) is 0 Å². The van der Waals surface area contributed by atoms with Gasteiger partial charge in [0, 0.05) is 12.5 Å². The maximum atomic E-state index is 13.3. The van der Waals surface area contributed by atoms with Crippen LogP contribution in [-0.2, 0) is 0 Å². The van der Waals surface area contributed by atoms with Gasteiger partial charge in [-0.05, 0) is 28.4 Å². The zero-order valence-corrected chi connectivity index (χ0v) is 11.6. The monoisotopic (exact) mass is 302 g/mol. The minimum absolute atomic E-state index is 0.00370. The minimum Gasteiger partial charge on any atom is -0.496 e. The molecule has 0 aliphatic heterocycles. The van der Waals surface area contributed by atoms with E-state index in [0.29, 0.717) is 17.7 Å². The van der Waals surface area contributed by atoms with Crippen LogP contribution in [0.25, 0.3) is 0 Å². The Kier molecular flexibility index (Phi) is 5.62. The van der Waals surface area contributed by atoms with Gasteiger partial charge in [0.1, 0.15) is 11.6 Å². The van der Waals surface area contributed by atoms with Gasteiger partial charge in [0.15, 0.2) is 5.78 Å². The van der Waals surface area contributed by atoms with Gasteiger partial charge < -0.3 is 4.74 Å². The zero-order chi connectivity index (χ0) is 12.8. The van der Waals surface area contributed by atoms with E-state index in [1.165, 1.54) is 19.2 Å². The van der Waals surface area contributed by atoms with Crippen LogP contribution in [0.3, 0.4) is 0 Å². The Labute approximate surface area is 109 Å². The molecule has 94 valence electrons. The van der Waals surface area contributed by atoms with Crippen molar-refractivity contribution < 1.29 is 13.9 Å². The largest absolute Gasteiger partial charge is 0.496 e. The number of hydrogen-bond donors (Lipinski definition) is 0. The van der Waals surface area contributed by atoms with Crippen molar-refractivity contribution in [3.8, 4) is 5.75 Å². The van der Waals surface area contributed by atoms with Crippen molar-refractivity contribution in [3.05, 3.63) is 28.0 Å². The topological polar surface area (TPSA) is 26.3 Å². The van der Waals surface area contributed by atoms with Gasteiger partial charge in [-0.15, -0.1) is 0 Å². The SMILES string of the molecule is CCCCCC(=O)c1cc(Br)c(F)cc1OC. The molecule has 0 saturated heterocycles. The third-order valence-corrected chi connectivity index (χ3v) is 3.16. The lowest BCUT2D eigenvalue weighted by Gasteiger charge is -2.08. The second kappa shape index (κ2) is 6.74. The predicted molar refractivity (Wildman–Crippen MR) is 69.1 cm³/mol. The van der Waals surface area contributed by atoms with Crippen LogP contribution in [0, 0.1) is 5.82 Å². The predicted octanol–water partition coefficient (Wildman–Crippen LogP) is 4.36. The van der Waals surface area contributed by atoms with Gasteiger partial charge in [0.05, 0.1) is 17.1 Å². The fourth-order valence-electron chi connectivity index (χ4n) is 1.59. The first-order valence-corrected chi connectivity index (χ1v) is 6.45. The van der Waals surface area contributed by atoms with Gasteiger partial charge in [-0.2, -0.15) is 0 Å². The maximum absolute atomic E-state index is 13.3. The van der Waals surface area contributed by atoms with Crippen LogP contribution in [0.4, 0.5) is 4.39 Å². The number of carbonyl (C=O) groups is 1. The van der Waals surface area contributed by atoms with Gasteiger partial charge in [-0.1, -0.05) is 19.8 Å². The summed E-state index contributed by atoms with van der Waals surface area (Å²) in [6.07, 6.45) is 3.42. The number of benzene rings is 1. The summed E-state index contributed by atoms with van der Waals surface area (Å²) in [5.74, 6) is -0.129. The van der Waals surface area contributed by atoms with Gasteiger partial charge >= 0.3 is 0 Å². The van der Waals surface area contributed by atoms with E-state index in [1.54, 1.807) is 0 Å². The number of methoxy groups -OCH3 is 1. The molecule has 0 aliphatic carbocycles. The van der Waals surface area contributed by atoms with Crippen LogP contribution < -0.4 is 4.74 Å². The lowest BCUT2D eigenvalue weighted by Crippen LogP contribution is -2.03. The molecule has 0 fully saturated rings. The van der Waals surface area contributed by atoms with Crippen LogP contribution >= 0.6 is 15.9 Å². The van der Waals surface area contributed by atoms with Crippen LogP contribution in [-0.4, -0.2) is 12.9 Å². The summed E-state index contributed by atoms with van der Waals surface area (Å²) in [4.78, 5) is 11.9. The lowest BCUT2D eigenvalue weighted by molar-refractivity contribution is 0.0976.